The van der Waals surface area contributed by atoms with Crippen LogP contribution in [0.1, 0.15) is 310 Å². The average Bonchev–Trinajstić information content (AvgIpc) is 3.28. The van der Waals surface area contributed by atoms with E-state index in [1.165, 1.54) is 218 Å². The van der Waals surface area contributed by atoms with E-state index in [1.54, 1.807) is 0 Å². The van der Waals surface area contributed by atoms with Gasteiger partial charge in [-0.2, -0.15) is 0 Å². The van der Waals surface area contributed by atoms with Gasteiger partial charge in [0.25, 0.3) is 0 Å². The minimum atomic E-state index is -4.06. The quantitative estimate of drug-likeness (QED) is 0.0362. The number of hydrogen-bond donors (Lipinski definition) is 2. The minimum absolute atomic E-state index is 0.0962. The fraction of sp³-hybridized carbons (Fsp3) is 0.964. The first-order valence-corrected chi connectivity index (χ1v) is 36.2. The average molecular weight is 1030 g/mol. The standard InChI is InChI=1S/2C24H48O2S.2C4H9.Sn/c2*1-2-3-4-5-6-7-8-9-10-11-12-13-14-15-16-17-18-19-20-23(21-22-27)24(25)26;2*1-3-4-2;/h2*23,27H,2-22H2,1H3,(H,25,26);2*1,3-4H2,2H3;/q;;;;+2/p-2. The maximum absolute atomic E-state index is 14.0. The van der Waals surface area contributed by atoms with Crippen LogP contribution in [0.15, 0.2) is 0 Å². The van der Waals surface area contributed by atoms with Crippen LogP contribution in [0.25, 0.3) is 0 Å². The zero-order valence-corrected chi connectivity index (χ0v) is 47.8. The summed E-state index contributed by atoms with van der Waals surface area (Å²) in [6, 6.07) is 0. The molecule has 0 heterocycles. The van der Waals surface area contributed by atoms with Gasteiger partial charge in [0.15, 0.2) is 0 Å². The second-order valence-electron chi connectivity index (χ2n) is 20.0. The van der Waals surface area contributed by atoms with E-state index in [0.717, 1.165) is 73.1 Å². The maximum atomic E-state index is 14.0. The van der Waals surface area contributed by atoms with Crippen molar-refractivity contribution in [2.24, 2.45) is 11.8 Å². The molecule has 0 aromatic heterocycles. The molecule has 0 saturated carbocycles. The molecule has 376 valence electrons. The summed E-state index contributed by atoms with van der Waals surface area (Å²) in [5.74, 6) is 0.870. The van der Waals surface area contributed by atoms with E-state index >= 15 is 0 Å². The molecule has 0 aliphatic carbocycles. The van der Waals surface area contributed by atoms with Crippen molar-refractivity contribution in [3.8, 4) is 0 Å². The summed E-state index contributed by atoms with van der Waals surface area (Å²) in [5, 5.41) is 0. The number of rotatable bonds is 52. The van der Waals surface area contributed by atoms with E-state index in [-0.39, 0.29) is 23.8 Å². The molecule has 0 radical (unpaired) electrons. The predicted octanol–water partition coefficient (Wildman–Crippen LogP) is 19.9. The van der Waals surface area contributed by atoms with Crippen molar-refractivity contribution in [3.05, 3.63) is 0 Å². The van der Waals surface area contributed by atoms with Gasteiger partial charge in [-0.25, -0.2) is 0 Å². The molecule has 7 heteroatoms. The summed E-state index contributed by atoms with van der Waals surface area (Å²) in [6.45, 7) is 8.96. The molecule has 0 aliphatic rings. The summed E-state index contributed by atoms with van der Waals surface area (Å²) < 4.78 is 14.9. The van der Waals surface area contributed by atoms with Crippen molar-refractivity contribution < 1.29 is 15.7 Å². The second kappa shape index (κ2) is 50.3. The van der Waals surface area contributed by atoms with Gasteiger partial charge in [-0.1, -0.05) is 142 Å². The van der Waals surface area contributed by atoms with E-state index in [9.17, 15) is 9.59 Å². The third-order valence-corrected chi connectivity index (χ3v) is 24.0. The third-order valence-electron chi connectivity index (χ3n) is 13.8. The number of unbranched alkanes of at least 4 members (excludes halogenated alkanes) is 36. The Hall–Kier alpha value is 0.439. The van der Waals surface area contributed by atoms with Crippen LogP contribution in [0.5, 0.6) is 0 Å². The SMILES string of the molecule is CCCCCCCCCCCCCCCCCCCCC(CCS)C(=O)[O][Sn]([CH2]CCC)([CH2]CCC)[O]C(=O)C(CCS)CCCCCCCCCCCCCCCCCCCC. The minimum Gasteiger partial charge on any atom is -0.0654 e. The molecule has 4 nitrogen and oxygen atoms in total. The fourth-order valence-electron chi connectivity index (χ4n) is 9.43. The Kier molecular flexibility index (Phi) is 50.7. The molecule has 0 spiro atoms. The van der Waals surface area contributed by atoms with E-state index in [4.69, 9.17) is 6.15 Å². The zero-order valence-electron chi connectivity index (χ0n) is 43.1. The van der Waals surface area contributed by atoms with Gasteiger partial charge in [0.05, 0.1) is 0 Å². The molecule has 0 amide bonds. The summed E-state index contributed by atoms with van der Waals surface area (Å²) in [7, 11) is 0. The van der Waals surface area contributed by atoms with Gasteiger partial charge < -0.3 is 0 Å². The van der Waals surface area contributed by atoms with Crippen molar-refractivity contribution in [1.82, 2.24) is 0 Å². The molecule has 0 bridgehead atoms. The molecule has 0 N–H and O–H groups in total. The van der Waals surface area contributed by atoms with Gasteiger partial charge >= 0.3 is 272 Å². The normalized spacial score (nSPS) is 12.8. The Balaban J connectivity index is 4.64. The molecule has 63 heavy (non-hydrogen) atoms. The van der Waals surface area contributed by atoms with Crippen LogP contribution in [0.4, 0.5) is 0 Å². The fourth-order valence-corrected chi connectivity index (χ4v) is 20.2. The van der Waals surface area contributed by atoms with Gasteiger partial charge in [0.1, 0.15) is 0 Å². The topological polar surface area (TPSA) is 52.6 Å². The molecule has 2 unspecified atom stereocenters. The second-order valence-corrected chi connectivity index (χ2v) is 30.1. The predicted molar refractivity (Wildman–Crippen MR) is 288 cm³/mol. The van der Waals surface area contributed by atoms with Gasteiger partial charge in [-0.05, 0) is 0 Å². The summed E-state index contributed by atoms with van der Waals surface area (Å²) in [5.41, 5.74) is 0. The molecule has 0 saturated heterocycles. The smallest absolute Gasteiger partial charge is 0.0654 e. The van der Waals surface area contributed by atoms with Crippen molar-refractivity contribution >= 4 is 56.4 Å². The van der Waals surface area contributed by atoms with Gasteiger partial charge in [0, 0.05) is 0 Å². The monoisotopic (exact) mass is 1030 g/mol. The van der Waals surface area contributed by atoms with Crippen molar-refractivity contribution in [3.63, 3.8) is 0 Å². The van der Waals surface area contributed by atoms with E-state index in [0.29, 0.717) is 11.5 Å². The van der Waals surface area contributed by atoms with Crippen LogP contribution in [-0.2, 0) is 15.7 Å². The van der Waals surface area contributed by atoms with Crippen LogP contribution in [0, 0.1) is 11.8 Å². The van der Waals surface area contributed by atoms with Crippen LogP contribution >= 0.6 is 25.3 Å². The Morgan fingerprint density at radius 2 is 0.524 bits per heavy atom. The van der Waals surface area contributed by atoms with Crippen LogP contribution < -0.4 is 0 Å². The molecule has 0 aromatic carbocycles. The Morgan fingerprint density at radius 1 is 0.317 bits per heavy atom. The Bertz CT molecular complexity index is 876. The first kappa shape index (κ1) is 63.4. The Morgan fingerprint density at radius 3 is 0.730 bits per heavy atom. The molecule has 0 aliphatic heterocycles. The van der Waals surface area contributed by atoms with Crippen molar-refractivity contribution in [2.75, 3.05) is 11.5 Å². The number of carbonyl (C=O) groups is 2. The first-order chi connectivity index (χ1) is 30.9. The molecular weight excluding hydrogens is 919 g/mol. The summed E-state index contributed by atoms with van der Waals surface area (Å²) in [4.78, 5) is 28.0. The number of carbonyl (C=O) groups excluding carboxylic acids is 2. The Labute approximate surface area is 411 Å². The van der Waals surface area contributed by atoms with Crippen LogP contribution in [-0.4, -0.2) is 42.6 Å². The van der Waals surface area contributed by atoms with Gasteiger partial charge in [-0.3, -0.25) is 0 Å². The third kappa shape index (κ3) is 41.2. The zero-order chi connectivity index (χ0) is 46.2. The number of hydrogen-bond acceptors (Lipinski definition) is 6. The van der Waals surface area contributed by atoms with Crippen LogP contribution in [0.3, 0.4) is 0 Å². The van der Waals surface area contributed by atoms with Crippen molar-refractivity contribution in [2.45, 2.75) is 319 Å². The van der Waals surface area contributed by atoms with E-state index < -0.39 is 19.2 Å². The van der Waals surface area contributed by atoms with E-state index in [2.05, 4.69) is 53.0 Å². The molecule has 0 rings (SSSR count). The van der Waals surface area contributed by atoms with Gasteiger partial charge in [-0.15, -0.1) is 0 Å². The van der Waals surface area contributed by atoms with E-state index in [1.807, 2.05) is 0 Å². The first-order valence-electron chi connectivity index (χ1n) is 28.6. The molecule has 0 aromatic rings. The molecule has 2 atom stereocenters. The van der Waals surface area contributed by atoms with Crippen molar-refractivity contribution in [1.29, 1.82) is 0 Å². The summed E-state index contributed by atoms with van der Waals surface area (Å²) in [6.07, 6.45) is 56.1. The van der Waals surface area contributed by atoms with Gasteiger partial charge in [0.2, 0.25) is 0 Å². The number of thiol groups is 2. The van der Waals surface area contributed by atoms with Crippen LogP contribution in [0.2, 0.25) is 8.87 Å². The molecule has 0 fully saturated rings. The summed E-state index contributed by atoms with van der Waals surface area (Å²) >= 11 is 5.06. The molecular formula is C56H112O4S2Sn.